The molecule has 1 fully saturated rings. The minimum atomic E-state index is -0.892. The topological polar surface area (TPSA) is 101 Å². The highest BCUT2D eigenvalue weighted by atomic mass is 16.6. The van der Waals surface area contributed by atoms with Crippen molar-refractivity contribution in [3.05, 3.63) is 34.4 Å². The van der Waals surface area contributed by atoms with E-state index in [2.05, 4.69) is 10.6 Å². The van der Waals surface area contributed by atoms with Crippen LogP contribution in [0.5, 0.6) is 0 Å². The highest BCUT2D eigenvalue weighted by molar-refractivity contribution is 6.40. The monoisotopic (exact) mass is 249 g/mol. The molecule has 0 aliphatic heterocycles. The van der Waals surface area contributed by atoms with Crippen LogP contribution in [0.25, 0.3) is 0 Å². The van der Waals surface area contributed by atoms with Gasteiger partial charge in [-0.15, -0.1) is 0 Å². The molecule has 1 aliphatic rings. The van der Waals surface area contributed by atoms with Gasteiger partial charge in [0.2, 0.25) is 0 Å². The predicted octanol–water partition coefficient (Wildman–Crippen LogP) is 0.812. The zero-order chi connectivity index (χ0) is 13.1. The second-order valence-corrected chi connectivity index (χ2v) is 3.98. The summed E-state index contributed by atoms with van der Waals surface area (Å²) < 4.78 is 0. The first-order valence-corrected chi connectivity index (χ1v) is 5.43. The van der Waals surface area contributed by atoms with Crippen LogP contribution in [0, 0.1) is 10.1 Å². The molecule has 7 nitrogen and oxygen atoms in total. The molecule has 1 aromatic rings. The molecule has 94 valence electrons. The maximum Gasteiger partial charge on any atom is 0.313 e. The SMILES string of the molecule is O=C(Nc1ccccc1[N+](=O)[O-])C(=O)NC1CC1. The van der Waals surface area contributed by atoms with Crippen molar-refractivity contribution >= 4 is 23.2 Å². The number of nitrogens with zero attached hydrogens (tertiary/aromatic N) is 1. The normalized spacial score (nSPS) is 13.8. The Bertz CT molecular complexity index is 511. The van der Waals surface area contributed by atoms with E-state index in [-0.39, 0.29) is 17.4 Å². The van der Waals surface area contributed by atoms with Crippen LogP contribution < -0.4 is 10.6 Å². The van der Waals surface area contributed by atoms with Gasteiger partial charge in [-0.3, -0.25) is 19.7 Å². The van der Waals surface area contributed by atoms with E-state index in [1.165, 1.54) is 18.2 Å². The molecule has 1 saturated carbocycles. The number of nitrogens with one attached hydrogen (secondary N) is 2. The standard InChI is InChI=1S/C11H11N3O4/c15-10(12-7-5-6-7)11(16)13-8-3-1-2-4-9(8)14(17)18/h1-4,7H,5-6H2,(H,12,15)(H,13,16). The van der Waals surface area contributed by atoms with Crippen molar-refractivity contribution in [3.63, 3.8) is 0 Å². The smallest absolute Gasteiger partial charge is 0.313 e. The Hall–Kier alpha value is -2.44. The second kappa shape index (κ2) is 4.82. The number of carbonyl (C=O) groups is 2. The lowest BCUT2D eigenvalue weighted by molar-refractivity contribution is -0.383. The minimum absolute atomic E-state index is 0.0125. The minimum Gasteiger partial charge on any atom is -0.345 e. The van der Waals surface area contributed by atoms with Crippen LogP contribution in [0.3, 0.4) is 0 Å². The van der Waals surface area contributed by atoms with Gasteiger partial charge in [-0.05, 0) is 18.9 Å². The molecule has 0 saturated heterocycles. The summed E-state index contributed by atoms with van der Waals surface area (Å²) in [5.41, 5.74) is -0.233. The molecule has 0 spiro atoms. The summed E-state index contributed by atoms with van der Waals surface area (Å²) in [6.07, 6.45) is 1.73. The van der Waals surface area contributed by atoms with Gasteiger partial charge in [-0.25, -0.2) is 0 Å². The highest BCUT2D eigenvalue weighted by Gasteiger charge is 2.27. The summed E-state index contributed by atoms with van der Waals surface area (Å²) in [5.74, 6) is -1.66. The number of rotatable bonds is 3. The Morgan fingerprint density at radius 1 is 1.22 bits per heavy atom. The van der Waals surface area contributed by atoms with E-state index in [9.17, 15) is 19.7 Å². The zero-order valence-corrected chi connectivity index (χ0v) is 9.38. The molecular weight excluding hydrogens is 238 g/mol. The lowest BCUT2D eigenvalue weighted by Crippen LogP contribution is -2.36. The van der Waals surface area contributed by atoms with Gasteiger partial charge in [0.25, 0.3) is 5.69 Å². The molecule has 0 radical (unpaired) electrons. The molecule has 0 bridgehead atoms. The van der Waals surface area contributed by atoms with E-state index in [4.69, 9.17) is 0 Å². The molecule has 7 heteroatoms. The van der Waals surface area contributed by atoms with Crippen LogP contribution in [0.4, 0.5) is 11.4 Å². The molecule has 0 aromatic heterocycles. The maximum absolute atomic E-state index is 11.5. The van der Waals surface area contributed by atoms with E-state index < -0.39 is 16.7 Å². The fourth-order valence-electron chi connectivity index (χ4n) is 1.40. The van der Waals surface area contributed by atoms with Gasteiger partial charge >= 0.3 is 11.8 Å². The Kier molecular flexibility index (Phi) is 3.22. The van der Waals surface area contributed by atoms with Crippen molar-refractivity contribution in [1.29, 1.82) is 0 Å². The van der Waals surface area contributed by atoms with Crippen LogP contribution in [0.1, 0.15) is 12.8 Å². The van der Waals surface area contributed by atoms with E-state index in [1.54, 1.807) is 6.07 Å². The Balaban J connectivity index is 2.06. The van der Waals surface area contributed by atoms with Gasteiger partial charge in [0.1, 0.15) is 5.69 Å². The largest absolute Gasteiger partial charge is 0.345 e. The average molecular weight is 249 g/mol. The Morgan fingerprint density at radius 2 is 1.89 bits per heavy atom. The average Bonchev–Trinajstić information content (AvgIpc) is 3.13. The van der Waals surface area contributed by atoms with E-state index in [1.807, 2.05) is 0 Å². The van der Waals surface area contributed by atoms with Crippen molar-refractivity contribution < 1.29 is 14.5 Å². The molecule has 0 atom stereocenters. The molecule has 2 N–H and O–H groups in total. The summed E-state index contributed by atoms with van der Waals surface area (Å²) in [6.45, 7) is 0. The summed E-state index contributed by atoms with van der Waals surface area (Å²) in [7, 11) is 0. The van der Waals surface area contributed by atoms with Gasteiger partial charge in [0.15, 0.2) is 0 Å². The first kappa shape index (κ1) is 12.0. The van der Waals surface area contributed by atoms with E-state index in [0.29, 0.717) is 0 Å². The van der Waals surface area contributed by atoms with Gasteiger partial charge < -0.3 is 10.6 Å². The van der Waals surface area contributed by atoms with Gasteiger partial charge in [0, 0.05) is 12.1 Å². The fourth-order valence-corrected chi connectivity index (χ4v) is 1.40. The van der Waals surface area contributed by atoms with Crippen LogP contribution in [0.2, 0.25) is 0 Å². The summed E-state index contributed by atoms with van der Waals surface area (Å²) in [6, 6.07) is 5.72. The second-order valence-electron chi connectivity index (χ2n) is 3.98. The molecule has 2 rings (SSSR count). The molecule has 18 heavy (non-hydrogen) atoms. The van der Waals surface area contributed by atoms with Crippen LogP contribution in [0.15, 0.2) is 24.3 Å². The number of hydrogen-bond donors (Lipinski definition) is 2. The summed E-state index contributed by atoms with van der Waals surface area (Å²) >= 11 is 0. The number of carbonyl (C=O) groups excluding carboxylic acids is 2. The molecular formula is C11H11N3O4. The van der Waals surface area contributed by atoms with Gasteiger partial charge in [-0.2, -0.15) is 0 Å². The lowest BCUT2D eigenvalue weighted by atomic mass is 10.2. The van der Waals surface area contributed by atoms with Crippen molar-refractivity contribution in [3.8, 4) is 0 Å². The number of amides is 2. The quantitative estimate of drug-likeness (QED) is 0.470. The number of nitro groups is 1. The number of hydrogen-bond acceptors (Lipinski definition) is 4. The Labute approximate surface area is 102 Å². The fraction of sp³-hybridized carbons (Fsp3) is 0.273. The third-order valence-electron chi connectivity index (χ3n) is 2.47. The van der Waals surface area contributed by atoms with Crippen molar-refractivity contribution in [2.24, 2.45) is 0 Å². The molecule has 0 unspecified atom stereocenters. The molecule has 1 aliphatic carbocycles. The number of nitro benzene ring substituents is 1. The third kappa shape index (κ3) is 2.82. The predicted molar refractivity (Wildman–Crippen MR) is 62.9 cm³/mol. The van der Waals surface area contributed by atoms with Gasteiger partial charge in [0.05, 0.1) is 4.92 Å². The van der Waals surface area contributed by atoms with E-state index in [0.717, 1.165) is 12.8 Å². The maximum atomic E-state index is 11.5. The van der Waals surface area contributed by atoms with Crippen molar-refractivity contribution in [1.82, 2.24) is 5.32 Å². The van der Waals surface area contributed by atoms with Crippen molar-refractivity contribution in [2.45, 2.75) is 18.9 Å². The first-order chi connectivity index (χ1) is 8.58. The zero-order valence-electron chi connectivity index (χ0n) is 9.38. The third-order valence-corrected chi connectivity index (χ3v) is 2.47. The molecule has 0 heterocycles. The Morgan fingerprint density at radius 3 is 2.50 bits per heavy atom. The summed E-state index contributed by atoms with van der Waals surface area (Å²) in [5, 5.41) is 15.4. The van der Waals surface area contributed by atoms with Crippen LogP contribution in [-0.2, 0) is 9.59 Å². The molecule has 2 amide bonds. The first-order valence-electron chi connectivity index (χ1n) is 5.43. The van der Waals surface area contributed by atoms with Crippen LogP contribution >= 0.6 is 0 Å². The van der Waals surface area contributed by atoms with Gasteiger partial charge in [-0.1, -0.05) is 12.1 Å². The van der Waals surface area contributed by atoms with E-state index >= 15 is 0 Å². The summed E-state index contributed by atoms with van der Waals surface area (Å²) in [4.78, 5) is 33.0. The number of benzene rings is 1. The molecule has 1 aromatic carbocycles. The lowest BCUT2D eigenvalue weighted by Gasteiger charge is -2.05. The number of anilines is 1. The van der Waals surface area contributed by atoms with Crippen molar-refractivity contribution in [2.75, 3.05) is 5.32 Å². The highest BCUT2D eigenvalue weighted by Crippen LogP contribution is 2.23. The van der Waals surface area contributed by atoms with Crippen LogP contribution in [-0.4, -0.2) is 22.8 Å². The number of para-hydroxylation sites is 2.